The summed E-state index contributed by atoms with van der Waals surface area (Å²) < 4.78 is 0. The summed E-state index contributed by atoms with van der Waals surface area (Å²) in [5.41, 5.74) is 2.04. The Bertz CT molecular complexity index is 755. The van der Waals surface area contributed by atoms with Gasteiger partial charge in [0.25, 0.3) is 11.5 Å². The highest BCUT2D eigenvalue weighted by Crippen LogP contribution is 2.23. The number of carbonyl (C=O) groups is 1. The molecular formula is C18H23N3O2. The van der Waals surface area contributed by atoms with Crippen LogP contribution in [0.25, 0.3) is 11.1 Å². The lowest BCUT2D eigenvalue weighted by Gasteiger charge is -2.31. The van der Waals surface area contributed by atoms with E-state index in [0.29, 0.717) is 22.4 Å². The van der Waals surface area contributed by atoms with Gasteiger partial charge in [-0.2, -0.15) is 5.10 Å². The fourth-order valence-electron chi connectivity index (χ4n) is 2.81. The Morgan fingerprint density at radius 1 is 1.09 bits per heavy atom. The van der Waals surface area contributed by atoms with E-state index in [1.165, 1.54) is 0 Å². The molecule has 1 heterocycles. The van der Waals surface area contributed by atoms with Crippen molar-refractivity contribution in [3.05, 3.63) is 51.9 Å². The summed E-state index contributed by atoms with van der Waals surface area (Å²) in [7, 11) is 0. The molecule has 0 atom stereocenters. The van der Waals surface area contributed by atoms with E-state index in [1.807, 2.05) is 44.7 Å². The summed E-state index contributed by atoms with van der Waals surface area (Å²) in [4.78, 5) is 27.0. The quantitative estimate of drug-likeness (QED) is 0.943. The maximum Gasteiger partial charge on any atom is 0.272 e. The maximum atomic E-state index is 13.0. The number of aromatic nitrogens is 2. The molecule has 1 aromatic heterocycles. The number of benzene rings is 1. The maximum absolute atomic E-state index is 13.0. The molecule has 0 aliphatic heterocycles. The van der Waals surface area contributed by atoms with Crippen molar-refractivity contribution in [3.8, 4) is 11.1 Å². The summed E-state index contributed by atoms with van der Waals surface area (Å²) in [6.45, 7) is 9.76. The van der Waals surface area contributed by atoms with Crippen LogP contribution in [0, 0.1) is 6.92 Å². The van der Waals surface area contributed by atoms with E-state index < -0.39 is 0 Å². The van der Waals surface area contributed by atoms with Crippen LogP contribution in [-0.4, -0.2) is 33.1 Å². The summed E-state index contributed by atoms with van der Waals surface area (Å²) in [5, 5.41) is 6.38. The lowest BCUT2D eigenvalue weighted by atomic mass is 9.99. The lowest BCUT2D eigenvalue weighted by Crippen LogP contribution is -2.42. The largest absolute Gasteiger partial charge is 0.334 e. The molecule has 1 aromatic carbocycles. The van der Waals surface area contributed by atoms with E-state index in [-0.39, 0.29) is 23.6 Å². The van der Waals surface area contributed by atoms with Crippen LogP contribution in [0.2, 0.25) is 0 Å². The van der Waals surface area contributed by atoms with Crippen molar-refractivity contribution < 1.29 is 4.79 Å². The van der Waals surface area contributed by atoms with Crippen LogP contribution in [0.15, 0.2) is 35.1 Å². The molecule has 23 heavy (non-hydrogen) atoms. The van der Waals surface area contributed by atoms with Gasteiger partial charge in [-0.05, 0) is 46.8 Å². The normalized spacial score (nSPS) is 11.1. The summed E-state index contributed by atoms with van der Waals surface area (Å²) in [5.74, 6) is -0.0699. The van der Waals surface area contributed by atoms with Gasteiger partial charge in [0.15, 0.2) is 0 Å². The van der Waals surface area contributed by atoms with Gasteiger partial charge in [0.1, 0.15) is 0 Å². The number of aryl methyl sites for hydroxylation is 1. The first-order chi connectivity index (χ1) is 10.8. The lowest BCUT2D eigenvalue weighted by molar-refractivity contribution is 0.0644. The molecule has 0 saturated heterocycles. The Labute approximate surface area is 136 Å². The molecular weight excluding hydrogens is 290 g/mol. The zero-order valence-electron chi connectivity index (χ0n) is 14.3. The van der Waals surface area contributed by atoms with Crippen LogP contribution in [0.5, 0.6) is 0 Å². The number of H-pyrrole nitrogens is 1. The minimum atomic E-state index is -0.295. The molecule has 0 radical (unpaired) electrons. The predicted octanol–water partition coefficient (Wildman–Crippen LogP) is 3.00. The minimum Gasteiger partial charge on any atom is -0.334 e. The van der Waals surface area contributed by atoms with Gasteiger partial charge < -0.3 is 4.90 Å². The molecule has 122 valence electrons. The smallest absolute Gasteiger partial charge is 0.272 e. The number of aromatic amines is 1. The van der Waals surface area contributed by atoms with Crippen LogP contribution >= 0.6 is 0 Å². The topological polar surface area (TPSA) is 66.1 Å². The highest BCUT2D eigenvalue weighted by Gasteiger charge is 2.24. The summed E-state index contributed by atoms with van der Waals surface area (Å²) in [6.07, 6.45) is 0. The Hall–Kier alpha value is -2.43. The van der Waals surface area contributed by atoms with Crippen molar-refractivity contribution in [2.75, 3.05) is 0 Å². The molecule has 0 unspecified atom stereocenters. The monoisotopic (exact) mass is 313 g/mol. The molecule has 2 aromatic rings. The second-order valence-corrected chi connectivity index (χ2v) is 6.20. The Kier molecular flexibility index (Phi) is 4.98. The molecule has 0 aliphatic carbocycles. The third-order valence-corrected chi connectivity index (χ3v) is 3.73. The number of hydrogen-bond donors (Lipinski definition) is 1. The molecule has 1 amide bonds. The Morgan fingerprint density at radius 3 is 2.30 bits per heavy atom. The van der Waals surface area contributed by atoms with Gasteiger partial charge in [-0.1, -0.05) is 18.2 Å². The highest BCUT2D eigenvalue weighted by molar-refractivity contribution is 6.01. The molecule has 0 spiro atoms. The molecule has 2 rings (SSSR count). The Morgan fingerprint density at radius 2 is 1.70 bits per heavy atom. The molecule has 1 N–H and O–H groups in total. The Balaban J connectivity index is 2.60. The van der Waals surface area contributed by atoms with Crippen LogP contribution in [0.3, 0.4) is 0 Å². The number of carbonyl (C=O) groups excluding carboxylic acids is 1. The van der Waals surface area contributed by atoms with Crippen LogP contribution < -0.4 is 5.56 Å². The second kappa shape index (κ2) is 6.77. The molecule has 5 heteroatoms. The average molecular weight is 313 g/mol. The van der Waals surface area contributed by atoms with Crippen LogP contribution in [0.1, 0.15) is 43.7 Å². The number of nitrogens with zero attached hydrogens (tertiary/aromatic N) is 2. The number of rotatable bonds is 4. The van der Waals surface area contributed by atoms with Gasteiger partial charge >= 0.3 is 0 Å². The molecule has 0 fully saturated rings. The fraction of sp³-hybridized carbons (Fsp3) is 0.389. The molecule has 0 bridgehead atoms. The van der Waals surface area contributed by atoms with E-state index in [0.717, 1.165) is 0 Å². The zero-order valence-corrected chi connectivity index (χ0v) is 14.3. The van der Waals surface area contributed by atoms with Crippen molar-refractivity contribution in [2.24, 2.45) is 0 Å². The first kappa shape index (κ1) is 16.9. The van der Waals surface area contributed by atoms with Crippen molar-refractivity contribution in [1.29, 1.82) is 0 Å². The van der Waals surface area contributed by atoms with E-state index >= 15 is 0 Å². The average Bonchev–Trinajstić information content (AvgIpc) is 2.49. The number of nitrogens with one attached hydrogen (secondary N) is 1. The van der Waals surface area contributed by atoms with Crippen molar-refractivity contribution in [3.63, 3.8) is 0 Å². The SMILES string of the molecule is Cc1cc(-c2ccccc2C(=O)N(C(C)C)C(C)C)c(=O)[nH]n1. The standard InChI is InChI=1S/C18H23N3O2/c1-11(2)21(12(3)4)18(23)15-9-7-6-8-14(15)16-10-13(5)19-20-17(16)22/h6-12H,1-5H3,(H,20,22). The van der Waals surface area contributed by atoms with Gasteiger partial charge in [0, 0.05) is 23.2 Å². The molecule has 0 aliphatic rings. The highest BCUT2D eigenvalue weighted by atomic mass is 16.2. The minimum absolute atomic E-state index is 0.0699. The van der Waals surface area contributed by atoms with E-state index in [9.17, 15) is 9.59 Å². The van der Waals surface area contributed by atoms with Crippen molar-refractivity contribution in [1.82, 2.24) is 15.1 Å². The second-order valence-electron chi connectivity index (χ2n) is 6.20. The summed E-state index contributed by atoms with van der Waals surface area (Å²) >= 11 is 0. The van der Waals surface area contributed by atoms with Gasteiger partial charge in [-0.3, -0.25) is 9.59 Å². The predicted molar refractivity (Wildman–Crippen MR) is 91.5 cm³/mol. The van der Waals surface area contributed by atoms with E-state index in [4.69, 9.17) is 0 Å². The first-order valence-electron chi connectivity index (χ1n) is 7.81. The van der Waals surface area contributed by atoms with Gasteiger partial charge in [0.2, 0.25) is 0 Å². The first-order valence-corrected chi connectivity index (χ1v) is 7.81. The molecule has 0 saturated carbocycles. The van der Waals surface area contributed by atoms with Crippen molar-refractivity contribution in [2.45, 2.75) is 46.7 Å². The van der Waals surface area contributed by atoms with Crippen molar-refractivity contribution >= 4 is 5.91 Å². The van der Waals surface area contributed by atoms with Crippen LogP contribution in [-0.2, 0) is 0 Å². The van der Waals surface area contributed by atoms with Gasteiger partial charge in [0.05, 0.1) is 11.3 Å². The number of hydrogen-bond acceptors (Lipinski definition) is 3. The molecule has 5 nitrogen and oxygen atoms in total. The van der Waals surface area contributed by atoms with E-state index in [2.05, 4.69) is 10.2 Å². The zero-order chi connectivity index (χ0) is 17.1. The van der Waals surface area contributed by atoms with E-state index in [1.54, 1.807) is 25.1 Å². The third-order valence-electron chi connectivity index (χ3n) is 3.73. The number of amides is 1. The third kappa shape index (κ3) is 3.50. The van der Waals surface area contributed by atoms with Gasteiger partial charge in [-0.15, -0.1) is 0 Å². The van der Waals surface area contributed by atoms with Crippen LogP contribution in [0.4, 0.5) is 0 Å². The fourth-order valence-corrected chi connectivity index (χ4v) is 2.81. The summed E-state index contributed by atoms with van der Waals surface area (Å²) in [6, 6.07) is 9.08. The van der Waals surface area contributed by atoms with Gasteiger partial charge in [-0.25, -0.2) is 5.10 Å².